The molecule has 0 aromatic carbocycles. The number of halogens is 1. The Morgan fingerprint density at radius 3 is 1.17 bits per heavy atom. The first-order valence-corrected chi connectivity index (χ1v) is 23.0. The van der Waals surface area contributed by atoms with E-state index in [9.17, 15) is 9.50 Å². The van der Waals surface area contributed by atoms with Gasteiger partial charge in [-0.3, -0.25) is 0 Å². The van der Waals surface area contributed by atoms with Gasteiger partial charge in [-0.15, -0.1) is 0 Å². The number of unbranched alkanes of at least 4 members (excludes halogenated alkanes) is 18. The van der Waals surface area contributed by atoms with Crippen LogP contribution < -0.4 is 0 Å². The fourth-order valence-corrected chi connectivity index (χ4v) is 9.10. The fourth-order valence-electron chi connectivity index (χ4n) is 6.48. The van der Waals surface area contributed by atoms with Gasteiger partial charge in [0.2, 0.25) is 0 Å². The molecule has 0 aliphatic rings. The van der Waals surface area contributed by atoms with Gasteiger partial charge in [-0.2, -0.15) is 23.5 Å². The zero-order valence-electron chi connectivity index (χ0n) is 31.9. The lowest BCUT2D eigenvalue weighted by Gasteiger charge is -2.23. The van der Waals surface area contributed by atoms with E-state index in [0.717, 1.165) is 24.9 Å². The molecule has 0 saturated heterocycles. The van der Waals surface area contributed by atoms with Crippen molar-refractivity contribution in [3.05, 3.63) is 0 Å². The Bertz CT molecular complexity index is 527. The second-order valence-electron chi connectivity index (χ2n) is 14.4. The molecule has 0 spiro atoms. The Balaban J connectivity index is 3.67. The highest BCUT2D eigenvalue weighted by Gasteiger charge is 2.12. The molecule has 0 aromatic rings. The predicted octanol–water partition coefficient (Wildman–Crippen LogP) is 13.5. The zero-order valence-corrected chi connectivity index (χ0v) is 33.5. The molecule has 0 saturated carbocycles. The minimum absolute atomic E-state index is 0.343. The van der Waals surface area contributed by atoms with Gasteiger partial charge in [0, 0.05) is 6.54 Å². The number of nitrogens with zero attached hydrogens (tertiary/aromatic N) is 1. The van der Waals surface area contributed by atoms with Crippen LogP contribution in [0, 0.1) is 11.8 Å². The SMILES string of the molecule is CCCCC(CC)CSCCCCCCCCCCCN(CCCCCCCCCCCSCC(CC)CCCC)C[C@H](F)CO. The quantitative estimate of drug-likeness (QED) is 0.0649. The molecule has 278 valence electrons. The van der Waals surface area contributed by atoms with Crippen molar-refractivity contribution in [2.24, 2.45) is 11.8 Å². The highest BCUT2D eigenvalue weighted by molar-refractivity contribution is 7.99. The Labute approximate surface area is 298 Å². The van der Waals surface area contributed by atoms with Crippen molar-refractivity contribution in [1.29, 1.82) is 0 Å². The van der Waals surface area contributed by atoms with E-state index in [-0.39, 0.29) is 6.61 Å². The second-order valence-corrected chi connectivity index (χ2v) is 16.7. The summed E-state index contributed by atoms with van der Waals surface area (Å²) in [5.74, 6) is 7.34. The third kappa shape index (κ3) is 33.1. The summed E-state index contributed by atoms with van der Waals surface area (Å²) < 4.78 is 14.0. The van der Waals surface area contributed by atoms with Crippen molar-refractivity contribution in [3.63, 3.8) is 0 Å². The van der Waals surface area contributed by atoms with Gasteiger partial charge in [0.1, 0.15) is 6.17 Å². The van der Waals surface area contributed by atoms with Gasteiger partial charge in [0.05, 0.1) is 6.61 Å². The maximum absolute atomic E-state index is 14.0. The normalized spacial score (nSPS) is 13.9. The van der Waals surface area contributed by atoms with E-state index in [2.05, 4.69) is 56.1 Å². The predicted molar refractivity (Wildman–Crippen MR) is 213 cm³/mol. The molecular weight excluding hydrogens is 606 g/mol. The van der Waals surface area contributed by atoms with Gasteiger partial charge in [0.25, 0.3) is 0 Å². The highest BCUT2D eigenvalue weighted by atomic mass is 32.2. The van der Waals surface area contributed by atoms with Crippen LogP contribution in [-0.2, 0) is 0 Å². The Kier molecular flexibility index (Phi) is 38.8. The number of aliphatic hydroxyl groups excluding tert-OH is 1. The van der Waals surface area contributed by atoms with Crippen LogP contribution in [-0.4, -0.2) is 65.4 Å². The molecule has 2 nitrogen and oxygen atoms in total. The van der Waals surface area contributed by atoms with Crippen LogP contribution >= 0.6 is 23.5 Å². The molecule has 0 fully saturated rings. The van der Waals surface area contributed by atoms with Crippen molar-refractivity contribution < 1.29 is 9.50 Å². The summed E-state index contributed by atoms with van der Waals surface area (Å²) in [6.07, 6.45) is 34.1. The van der Waals surface area contributed by atoms with E-state index in [4.69, 9.17) is 0 Å². The molecule has 46 heavy (non-hydrogen) atoms. The van der Waals surface area contributed by atoms with E-state index in [1.165, 1.54) is 190 Å². The summed E-state index contributed by atoms with van der Waals surface area (Å²) in [7, 11) is 0. The Morgan fingerprint density at radius 2 is 0.848 bits per heavy atom. The number of hydrogen-bond donors (Lipinski definition) is 1. The van der Waals surface area contributed by atoms with Crippen LogP contribution in [0.4, 0.5) is 4.39 Å². The molecule has 0 heterocycles. The summed E-state index contributed by atoms with van der Waals surface area (Å²) in [6, 6.07) is 0. The Hall–Kier alpha value is 0.550. The first-order chi connectivity index (χ1) is 22.6. The first kappa shape index (κ1) is 46.5. The van der Waals surface area contributed by atoms with Crippen LogP contribution in [0.25, 0.3) is 0 Å². The minimum atomic E-state index is -1.10. The van der Waals surface area contributed by atoms with Gasteiger partial charge in [-0.1, -0.05) is 156 Å². The molecule has 0 rings (SSSR count). The summed E-state index contributed by atoms with van der Waals surface area (Å²) >= 11 is 4.39. The zero-order chi connectivity index (χ0) is 33.8. The molecule has 0 aliphatic carbocycles. The third-order valence-corrected chi connectivity index (χ3v) is 12.5. The van der Waals surface area contributed by atoms with Crippen molar-refractivity contribution in [3.8, 4) is 0 Å². The van der Waals surface area contributed by atoms with Crippen molar-refractivity contribution in [2.75, 3.05) is 49.3 Å². The van der Waals surface area contributed by atoms with Gasteiger partial charge in [-0.25, -0.2) is 4.39 Å². The maximum Gasteiger partial charge on any atom is 0.136 e. The maximum atomic E-state index is 14.0. The number of thioether (sulfide) groups is 2. The highest BCUT2D eigenvalue weighted by Crippen LogP contribution is 2.21. The lowest BCUT2D eigenvalue weighted by molar-refractivity contribution is 0.123. The lowest BCUT2D eigenvalue weighted by Crippen LogP contribution is -2.33. The number of rotatable bonds is 39. The van der Waals surface area contributed by atoms with Crippen molar-refractivity contribution in [2.45, 2.75) is 201 Å². The smallest absolute Gasteiger partial charge is 0.136 e. The second kappa shape index (κ2) is 38.4. The summed E-state index contributed by atoms with van der Waals surface area (Å²) in [6.45, 7) is 11.4. The molecule has 0 aromatic heterocycles. The molecule has 1 N–H and O–H groups in total. The van der Waals surface area contributed by atoms with Crippen LogP contribution in [0.2, 0.25) is 0 Å². The Morgan fingerprint density at radius 1 is 0.500 bits per heavy atom. The van der Waals surface area contributed by atoms with Gasteiger partial charge >= 0.3 is 0 Å². The monoisotopic (exact) mass is 690 g/mol. The largest absolute Gasteiger partial charge is 0.393 e. The van der Waals surface area contributed by atoms with Gasteiger partial charge in [0.15, 0.2) is 0 Å². The fraction of sp³-hybridized carbons (Fsp3) is 1.00. The minimum Gasteiger partial charge on any atom is -0.393 e. The van der Waals surface area contributed by atoms with Crippen LogP contribution in [0.3, 0.4) is 0 Å². The summed E-state index contributed by atoms with van der Waals surface area (Å²) in [5.41, 5.74) is 0. The van der Waals surface area contributed by atoms with Crippen LogP contribution in [0.15, 0.2) is 0 Å². The molecule has 0 amide bonds. The van der Waals surface area contributed by atoms with Crippen LogP contribution in [0.5, 0.6) is 0 Å². The number of aliphatic hydroxyl groups is 1. The average molecular weight is 690 g/mol. The topological polar surface area (TPSA) is 23.5 Å². The number of hydrogen-bond acceptors (Lipinski definition) is 4. The van der Waals surface area contributed by atoms with E-state index in [0.29, 0.717) is 6.54 Å². The third-order valence-electron chi connectivity index (χ3n) is 9.97. The molecule has 3 atom stereocenters. The molecule has 0 bridgehead atoms. The summed E-state index contributed by atoms with van der Waals surface area (Å²) in [4.78, 5) is 2.29. The van der Waals surface area contributed by atoms with E-state index in [1.54, 1.807) is 0 Å². The summed E-state index contributed by atoms with van der Waals surface area (Å²) in [5, 5.41) is 9.25. The molecule has 0 radical (unpaired) electrons. The standard InChI is InChI=1S/C41H84FNOS2/c1-5-9-29-39(7-3)37-45-33-27-23-19-15-11-13-17-21-25-31-43(35-41(42)36-44)32-26-22-18-14-12-16-20-24-28-34-46-38-40(8-4)30-10-6-2/h39-41,44H,5-38H2,1-4H3/t39?,40?,41-/m0/s1. The van der Waals surface area contributed by atoms with Crippen LogP contribution in [0.1, 0.15) is 195 Å². The van der Waals surface area contributed by atoms with E-state index >= 15 is 0 Å². The first-order valence-electron chi connectivity index (χ1n) is 20.7. The molecule has 0 aliphatic heterocycles. The van der Waals surface area contributed by atoms with E-state index < -0.39 is 6.17 Å². The average Bonchev–Trinajstić information content (AvgIpc) is 3.07. The molecular formula is C41H84FNOS2. The molecule has 5 heteroatoms. The van der Waals surface area contributed by atoms with E-state index in [1.807, 2.05) is 0 Å². The van der Waals surface area contributed by atoms with Crippen molar-refractivity contribution in [1.82, 2.24) is 4.90 Å². The molecule has 2 unspecified atom stereocenters. The van der Waals surface area contributed by atoms with Gasteiger partial charge < -0.3 is 10.0 Å². The lowest BCUT2D eigenvalue weighted by atomic mass is 10.0. The van der Waals surface area contributed by atoms with Crippen molar-refractivity contribution >= 4 is 23.5 Å². The number of alkyl halides is 1. The van der Waals surface area contributed by atoms with Gasteiger partial charge in [-0.05, 0) is 86.5 Å².